The highest BCUT2D eigenvalue weighted by molar-refractivity contribution is 5.85. The van der Waals surface area contributed by atoms with Crippen molar-refractivity contribution in [1.82, 2.24) is 5.32 Å². The largest absolute Gasteiger partial charge is 0.497 e. The van der Waals surface area contributed by atoms with Gasteiger partial charge in [0.05, 0.1) is 14.2 Å². The summed E-state index contributed by atoms with van der Waals surface area (Å²) in [5.74, 6) is 1.35. The fourth-order valence-electron chi connectivity index (χ4n) is 1.80. The third kappa shape index (κ3) is 5.81. The van der Waals surface area contributed by atoms with Crippen molar-refractivity contribution in [3.63, 3.8) is 0 Å². The first-order chi connectivity index (χ1) is 9.49. The lowest BCUT2D eigenvalue weighted by Gasteiger charge is -2.16. The van der Waals surface area contributed by atoms with Crippen molar-refractivity contribution >= 4 is 18.3 Å². The molecule has 2 unspecified atom stereocenters. The number of ether oxygens (including phenoxy) is 2. The molecule has 0 aliphatic carbocycles. The normalized spacial score (nSPS) is 12.8. The molecule has 5 nitrogen and oxygen atoms in total. The Morgan fingerprint density at radius 3 is 2.48 bits per heavy atom. The second-order valence-electron chi connectivity index (χ2n) is 4.87. The van der Waals surface area contributed by atoms with E-state index in [1.165, 1.54) is 0 Å². The first-order valence-electron chi connectivity index (χ1n) is 6.73. The molecule has 0 bridgehead atoms. The fraction of sp³-hybridized carbons (Fsp3) is 0.533. The van der Waals surface area contributed by atoms with Gasteiger partial charge in [0.15, 0.2) is 0 Å². The molecule has 0 heterocycles. The average Bonchev–Trinajstić information content (AvgIpc) is 2.45. The summed E-state index contributed by atoms with van der Waals surface area (Å²) in [5.41, 5.74) is 6.71. The molecule has 6 heteroatoms. The molecule has 120 valence electrons. The molecule has 0 spiro atoms. The first-order valence-corrected chi connectivity index (χ1v) is 6.73. The summed E-state index contributed by atoms with van der Waals surface area (Å²) in [6.07, 6.45) is 0.678. The Hall–Kier alpha value is -1.46. The van der Waals surface area contributed by atoms with Crippen LogP contribution in [0, 0.1) is 5.92 Å². The van der Waals surface area contributed by atoms with Crippen LogP contribution in [-0.4, -0.2) is 32.7 Å². The van der Waals surface area contributed by atoms with Crippen LogP contribution in [0.4, 0.5) is 0 Å². The molecule has 1 aromatic carbocycles. The van der Waals surface area contributed by atoms with Crippen LogP contribution in [0.15, 0.2) is 18.2 Å². The molecule has 0 aliphatic heterocycles. The third-order valence-electron chi connectivity index (χ3n) is 3.38. The Labute approximate surface area is 132 Å². The minimum Gasteiger partial charge on any atom is -0.497 e. The zero-order valence-corrected chi connectivity index (χ0v) is 13.8. The van der Waals surface area contributed by atoms with Crippen LogP contribution >= 0.6 is 12.4 Å². The maximum absolute atomic E-state index is 11.8. The summed E-state index contributed by atoms with van der Waals surface area (Å²) in [5, 5.41) is 2.89. The number of carbonyl (C=O) groups is 1. The van der Waals surface area contributed by atoms with Crippen molar-refractivity contribution < 1.29 is 14.3 Å². The van der Waals surface area contributed by atoms with E-state index < -0.39 is 0 Å². The van der Waals surface area contributed by atoms with Crippen molar-refractivity contribution in [3.8, 4) is 11.5 Å². The van der Waals surface area contributed by atoms with Crippen molar-refractivity contribution in [2.45, 2.75) is 26.3 Å². The lowest BCUT2D eigenvalue weighted by Crippen LogP contribution is -2.39. The van der Waals surface area contributed by atoms with Crippen molar-refractivity contribution in [3.05, 3.63) is 23.8 Å². The Morgan fingerprint density at radius 1 is 1.29 bits per heavy atom. The molecule has 3 N–H and O–H groups in total. The number of halogens is 1. The van der Waals surface area contributed by atoms with Crippen LogP contribution in [-0.2, 0) is 11.2 Å². The molecule has 1 amide bonds. The predicted octanol–water partition coefficient (Wildman–Crippen LogP) is 1.77. The van der Waals surface area contributed by atoms with Gasteiger partial charge in [-0.3, -0.25) is 4.79 Å². The number of benzene rings is 1. The molecule has 0 fully saturated rings. The average molecular weight is 317 g/mol. The molecule has 0 aliphatic rings. The van der Waals surface area contributed by atoms with E-state index in [2.05, 4.69) is 5.32 Å². The molecule has 0 radical (unpaired) electrons. The van der Waals surface area contributed by atoms with E-state index >= 15 is 0 Å². The third-order valence-corrected chi connectivity index (χ3v) is 3.38. The van der Waals surface area contributed by atoms with Crippen LogP contribution in [0.3, 0.4) is 0 Å². The molecule has 2 atom stereocenters. The van der Waals surface area contributed by atoms with Crippen LogP contribution in [0.25, 0.3) is 0 Å². The number of methoxy groups -OCH3 is 2. The Morgan fingerprint density at radius 2 is 1.95 bits per heavy atom. The lowest BCUT2D eigenvalue weighted by molar-refractivity contribution is -0.124. The van der Waals surface area contributed by atoms with E-state index in [9.17, 15) is 4.79 Å². The van der Waals surface area contributed by atoms with Gasteiger partial charge in [0.1, 0.15) is 11.5 Å². The second-order valence-corrected chi connectivity index (χ2v) is 4.87. The van der Waals surface area contributed by atoms with Crippen LogP contribution < -0.4 is 20.5 Å². The van der Waals surface area contributed by atoms with Crippen molar-refractivity contribution in [2.75, 3.05) is 20.8 Å². The van der Waals surface area contributed by atoms with Crippen LogP contribution in [0.2, 0.25) is 0 Å². The van der Waals surface area contributed by atoms with Gasteiger partial charge >= 0.3 is 0 Å². The number of hydrogen-bond acceptors (Lipinski definition) is 4. The second kappa shape index (κ2) is 9.47. The van der Waals surface area contributed by atoms with Gasteiger partial charge in [-0.2, -0.15) is 0 Å². The summed E-state index contributed by atoms with van der Waals surface area (Å²) in [7, 11) is 3.25. The molecular formula is C15H25ClN2O3. The van der Waals surface area contributed by atoms with Crippen LogP contribution in [0.5, 0.6) is 11.5 Å². The standard InChI is InChI=1S/C15H24N2O3.ClH/c1-10(11(2)16)15(18)17-8-7-12-9-13(19-3)5-6-14(12)20-4;/h5-6,9-11H,7-8,16H2,1-4H3,(H,17,18);1H. The van der Waals surface area contributed by atoms with Gasteiger partial charge in [-0.1, -0.05) is 6.92 Å². The van der Waals surface area contributed by atoms with E-state index in [0.717, 1.165) is 17.1 Å². The van der Waals surface area contributed by atoms with Gasteiger partial charge in [-0.05, 0) is 37.1 Å². The van der Waals surface area contributed by atoms with E-state index in [-0.39, 0.29) is 30.3 Å². The van der Waals surface area contributed by atoms with Gasteiger partial charge in [-0.25, -0.2) is 0 Å². The Kier molecular flexibility index (Phi) is 8.81. The number of rotatable bonds is 7. The summed E-state index contributed by atoms with van der Waals surface area (Å²) >= 11 is 0. The zero-order chi connectivity index (χ0) is 15.1. The number of hydrogen-bond donors (Lipinski definition) is 2. The quantitative estimate of drug-likeness (QED) is 0.804. The van der Waals surface area contributed by atoms with Crippen molar-refractivity contribution in [1.29, 1.82) is 0 Å². The monoisotopic (exact) mass is 316 g/mol. The van der Waals surface area contributed by atoms with E-state index in [1.54, 1.807) is 14.2 Å². The maximum atomic E-state index is 11.8. The Bertz CT molecular complexity index is 453. The summed E-state index contributed by atoms with van der Waals surface area (Å²) in [4.78, 5) is 11.8. The number of amides is 1. The number of nitrogens with one attached hydrogen (secondary N) is 1. The predicted molar refractivity (Wildman–Crippen MR) is 86.3 cm³/mol. The lowest BCUT2D eigenvalue weighted by atomic mass is 10.0. The molecular weight excluding hydrogens is 292 g/mol. The van der Waals surface area contributed by atoms with Gasteiger partial charge < -0.3 is 20.5 Å². The van der Waals surface area contributed by atoms with Gasteiger partial charge in [0.2, 0.25) is 5.91 Å². The first kappa shape index (κ1) is 19.5. The molecule has 0 aromatic heterocycles. The minimum atomic E-state index is -0.192. The molecule has 0 saturated carbocycles. The SMILES string of the molecule is COc1ccc(OC)c(CCNC(=O)C(C)C(C)N)c1.Cl. The van der Waals surface area contributed by atoms with E-state index in [0.29, 0.717) is 13.0 Å². The summed E-state index contributed by atoms with van der Waals surface area (Å²) < 4.78 is 10.5. The highest BCUT2D eigenvalue weighted by atomic mass is 35.5. The van der Waals surface area contributed by atoms with Crippen molar-refractivity contribution in [2.24, 2.45) is 11.7 Å². The minimum absolute atomic E-state index is 0. The van der Waals surface area contributed by atoms with E-state index in [4.69, 9.17) is 15.2 Å². The van der Waals surface area contributed by atoms with Gasteiger partial charge in [-0.15, -0.1) is 12.4 Å². The Balaban J connectivity index is 0.00000400. The maximum Gasteiger partial charge on any atom is 0.224 e. The summed E-state index contributed by atoms with van der Waals surface area (Å²) in [6.45, 7) is 4.20. The number of nitrogens with two attached hydrogens (primary N) is 1. The zero-order valence-electron chi connectivity index (χ0n) is 13.0. The molecule has 1 aromatic rings. The number of carbonyl (C=O) groups excluding carboxylic acids is 1. The fourth-order valence-corrected chi connectivity index (χ4v) is 1.80. The van der Waals surface area contributed by atoms with Gasteiger partial charge in [0, 0.05) is 18.5 Å². The van der Waals surface area contributed by atoms with Gasteiger partial charge in [0.25, 0.3) is 0 Å². The summed E-state index contributed by atoms with van der Waals surface area (Å²) in [6, 6.07) is 5.47. The van der Waals surface area contributed by atoms with E-state index in [1.807, 2.05) is 32.0 Å². The topological polar surface area (TPSA) is 73.6 Å². The highest BCUT2D eigenvalue weighted by Crippen LogP contribution is 2.24. The molecule has 21 heavy (non-hydrogen) atoms. The van der Waals surface area contributed by atoms with Crippen LogP contribution in [0.1, 0.15) is 19.4 Å². The molecule has 0 saturated heterocycles. The highest BCUT2D eigenvalue weighted by Gasteiger charge is 2.16. The smallest absolute Gasteiger partial charge is 0.224 e. The molecule has 1 rings (SSSR count).